The van der Waals surface area contributed by atoms with Gasteiger partial charge < -0.3 is 9.47 Å². The summed E-state index contributed by atoms with van der Waals surface area (Å²) in [6.45, 7) is 0. The van der Waals surface area contributed by atoms with Crippen molar-refractivity contribution >= 4 is 39.5 Å². The predicted octanol–water partition coefficient (Wildman–Crippen LogP) is 4.47. The topological polar surface area (TPSA) is 52.6 Å². The van der Waals surface area contributed by atoms with Gasteiger partial charge in [-0.05, 0) is 37.8 Å². The largest absolute Gasteiger partial charge is 0.423 e. The van der Waals surface area contributed by atoms with Gasteiger partial charge in [-0.2, -0.15) is 0 Å². The van der Waals surface area contributed by atoms with Crippen LogP contribution >= 0.6 is 27.5 Å². The fourth-order valence-corrected chi connectivity index (χ4v) is 2.28. The van der Waals surface area contributed by atoms with Crippen molar-refractivity contribution in [2.45, 2.75) is 38.5 Å². The van der Waals surface area contributed by atoms with Crippen LogP contribution in [0.25, 0.3) is 0 Å². The molecule has 122 valence electrons. The molecule has 0 aliphatic heterocycles. The first kappa shape index (κ1) is 19.0. The molecule has 0 saturated heterocycles. The number of para-hydroxylation sites is 2. The van der Waals surface area contributed by atoms with E-state index in [-0.39, 0.29) is 23.4 Å². The zero-order valence-corrected chi connectivity index (χ0v) is 14.7. The molecular weight excluding hydrogens is 372 g/mol. The van der Waals surface area contributed by atoms with Gasteiger partial charge >= 0.3 is 11.9 Å². The van der Waals surface area contributed by atoms with E-state index in [9.17, 15) is 9.59 Å². The summed E-state index contributed by atoms with van der Waals surface area (Å²) in [5, 5.41) is 0.858. The molecule has 0 fully saturated rings. The van der Waals surface area contributed by atoms with Crippen molar-refractivity contribution in [3.05, 3.63) is 24.3 Å². The van der Waals surface area contributed by atoms with Crippen LogP contribution in [0.1, 0.15) is 38.5 Å². The SMILES string of the molecule is O=C(CCCCCl)Oc1ccccc1OC(=O)CCCCBr. The van der Waals surface area contributed by atoms with Gasteiger partial charge in [0.2, 0.25) is 0 Å². The minimum Gasteiger partial charge on any atom is -0.423 e. The number of unbranched alkanes of at least 4 members (excludes halogenated alkanes) is 2. The van der Waals surface area contributed by atoms with Crippen LogP contribution in [-0.4, -0.2) is 23.1 Å². The molecule has 0 radical (unpaired) electrons. The van der Waals surface area contributed by atoms with Gasteiger partial charge in [-0.1, -0.05) is 28.1 Å². The third-order valence-corrected chi connectivity index (χ3v) is 3.65. The molecule has 0 unspecified atom stereocenters. The maximum Gasteiger partial charge on any atom is 0.311 e. The molecule has 0 bridgehead atoms. The number of benzene rings is 1. The van der Waals surface area contributed by atoms with Crippen LogP contribution in [0.5, 0.6) is 11.5 Å². The summed E-state index contributed by atoms with van der Waals surface area (Å²) in [6.07, 6.45) is 3.73. The molecule has 0 aliphatic carbocycles. The van der Waals surface area contributed by atoms with Crippen molar-refractivity contribution < 1.29 is 19.1 Å². The van der Waals surface area contributed by atoms with Crippen LogP contribution in [0, 0.1) is 0 Å². The van der Waals surface area contributed by atoms with Gasteiger partial charge in [-0.3, -0.25) is 9.59 Å². The van der Waals surface area contributed by atoms with Crippen molar-refractivity contribution in [1.82, 2.24) is 0 Å². The summed E-state index contributed by atoms with van der Waals surface area (Å²) in [4.78, 5) is 23.5. The van der Waals surface area contributed by atoms with Crippen LogP contribution in [0.3, 0.4) is 0 Å². The monoisotopic (exact) mass is 390 g/mol. The van der Waals surface area contributed by atoms with Crippen LogP contribution < -0.4 is 9.47 Å². The van der Waals surface area contributed by atoms with E-state index in [1.165, 1.54) is 0 Å². The number of halogens is 2. The standard InChI is InChI=1S/C16H20BrClO4/c17-11-5-3-9-15(19)21-13-7-1-2-8-14(13)22-16(20)10-4-6-12-18/h1-2,7-8H,3-6,9-12H2. The summed E-state index contributed by atoms with van der Waals surface area (Å²) >= 11 is 8.88. The van der Waals surface area contributed by atoms with Crippen molar-refractivity contribution in [3.8, 4) is 11.5 Å². The van der Waals surface area contributed by atoms with Gasteiger partial charge in [0.15, 0.2) is 11.5 Å². The second-order valence-electron chi connectivity index (χ2n) is 4.69. The number of rotatable bonds is 10. The number of alkyl halides is 2. The maximum absolute atomic E-state index is 11.7. The average Bonchev–Trinajstić information content (AvgIpc) is 2.50. The summed E-state index contributed by atoms with van der Waals surface area (Å²) in [7, 11) is 0. The number of ether oxygens (including phenoxy) is 2. The second-order valence-corrected chi connectivity index (χ2v) is 5.86. The van der Waals surface area contributed by atoms with E-state index in [1.54, 1.807) is 24.3 Å². The zero-order valence-electron chi connectivity index (χ0n) is 12.4. The van der Waals surface area contributed by atoms with Gasteiger partial charge in [0, 0.05) is 24.1 Å². The summed E-state index contributed by atoms with van der Waals surface area (Å²) in [5.74, 6) is 0.388. The number of esters is 2. The Hall–Kier alpha value is -1.07. The van der Waals surface area contributed by atoms with Gasteiger partial charge in [-0.25, -0.2) is 0 Å². The third kappa shape index (κ3) is 7.80. The highest BCUT2D eigenvalue weighted by molar-refractivity contribution is 9.09. The Labute approximate surface area is 144 Å². The Balaban J connectivity index is 2.54. The molecule has 1 rings (SSSR count). The molecule has 0 saturated carbocycles. The lowest BCUT2D eigenvalue weighted by Gasteiger charge is -2.10. The number of carbonyl (C=O) groups excluding carboxylic acids is 2. The molecule has 4 nitrogen and oxygen atoms in total. The Kier molecular flexibility index (Phi) is 9.91. The highest BCUT2D eigenvalue weighted by Gasteiger charge is 2.13. The van der Waals surface area contributed by atoms with Crippen molar-refractivity contribution in [2.75, 3.05) is 11.2 Å². The number of hydrogen-bond acceptors (Lipinski definition) is 4. The fraction of sp³-hybridized carbons (Fsp3) is 0.500. The van der Waals surface area contributed by atoms with Gasteiger partial charge in [0.05, 0.1) is 0 Å². The number of hydrogen-bond donors (Lipinski definition) is 0. The minimum atomic E-state index is -0.354. The first-order valence-electron chi connectivity index (χ1n) is 7.29. The van der Waals surface area contributed by atoms with Gasteiger partial charge in [0.25, 0.3) is 0 Å². The normalized spacial score (nSPS) is 10.3. The molecule has 0 aliphatic rings. The highest BCUT2D eigenvalue weighted by Crippen LogP contribution is 2.27. The van der Waals surface area contributed by atoms with Crippen LogP contribution in [0.2, 0.25) is 0 Å². The lowest BCUT2D eigenvalue weighted by Crippen LogP contribution is -2.12. The molecule has 22 heavy (non-hydrogen) atoms. The zero-order chi connectivity index (χ0) is 16.2. The summed E-state index contributed by atoms with van der Waals surface area (Å²) in [6, 6.07) is 6.68. The van der Waals surface area contributed by atoms with E-state index < -0.39 is 0 Å². The van der Waals surface area contributed by atoms with Crippen LogP contribution in [-0.2, 0) is 9.59 Å². The van der Waals surface area contributed by atoms with E-state index in [1.807, 2.05) is 0 Å². The molecule has 0 spiro atoms. The van der Waals surface area contributed by atoms with E-state index >= 15 is 0 Å². The third-order valence-electron chi connectivity index (χ3n) is 2.83. The molecule has 0 heterocycles. The van der Waals surface area contributed by atoms with E-state index in [4.69, 9.17) is 21.1 Å². The molecule has 0 aromatic heterocycles. The lowest BCUT2D eigenvalue weighted by atomic mass is 10.2. The molecule has 0 amide bonds. The maximum atomic E-state index is 11.7. The van der Waals surface area contributed by atoms with Crippen LogP contribution in [0.4, 0.5) is 0 Å². The Bertz CT molecular complexity index is 436. The van der Waals surface area contributed by atoms with Crippen LogP contribution in [0.15, 0.2) is 24.3 Å². The summed E-state index contributed by atoms with van der Waals surface area (Å²) < 4.78 is 10.5. The Morgan fingerprint density at radius 2 is 1.41 bits per heavy atom. The lowest BCUT2D eigenvalue weighted by molar-refractivity contribution is -0.137. The first-order chi connectivity index (χ1) is 10.7. The molecule has 0 atom stereocenters. The van der Waals surface area contributed by atoms with Crippen molar-refractivity contribution in [2.24, 2.45) is 0 Å². The fourth-order valence-electron chi connectivity index (χ4n) is 1.69. The molecule has 6 heteroatoms. The van der Waals surface area contributed by atoms with Gasteiger partial charge in [0.1, 0.15) is 0 Å². The minimum absolute atomic E-state index is 0.271. The smallest absolute Gasteiger partial charge is 0.311 e. The van der Waals surface area contributed by atoms with Crippen molar-refractivity contribution in [1.29, 1.82) is 0 Å². The van der Waals surface area contributed by atoms with E-state index in [0.717, 1.165) is 24.6 Å². The second kappa shape index (κ2) is 11.5. The molecule has 0 N–H and O–H groups in total. The highest BCUT2D eigenvalue weighted by atomic mass is 79.9. The molecular formula is C16H20BrClO4. The Morgan fingerprint density at radius 3 is 1.86 bits per heavy atom. The molecule has 1 aromatic rings. The average molecular weight is 392 g/mol. The number of carbonyl (C=O) groups is 2. The summed E-state index contributed by atoms with van der Waals surface area (Å²) in [5.41, 5.74) is 0. The van der Waals surface area contributed by atoms with E-state index in [2.05, 4.69) is 15.9 Å². The predicted molar refractivity (Wildman–Crippen MR) is 89.9 cm³/mol. The van der Waals surface area contributed by atoms with E-state index in [0.29, 0.717) is 25.1 Å². The molecule has 1 aromatic carbocycles. The quantitative estimate of drug-likeness (QED) is 0.255. The van der Waals surface area contributed by atoms with Gasteiger partial charge in [-0.15, -0.1) is 11.6 Å². The van der Waals surface area contributed by atoms with Crippen molar-refractivity contribution in [3.63, 3.8) is 0 Å². The Morgan fingerprint density at radius 1 is 0.909 bits per heavy atom. The first-order valence-corrected chi connectivity index (χ1v) is 8.95.